The number of barbiturate groups is 1. The number of hydrogen-bond acceptors (Lipinski definition) is 7. The van der Waals surface area contributed by atoms with Gasteiger partial charge in [-0.1, -0.05) is 42.5 Å². The number of amides is 4. The molecule has 6 rings (SSSR count). The SMILES string of the molecule is COc1ccc(C[C@@]2(CN3C[C@@H]4C[C@H](C3)c3cccc(=O)n3C4)C(=O)NC(=O)N(Cc3ccccc3)C2=O)c(OC)c1. The molecule has 3 aromatic rings. The van der Waals surface area contributed by atoms with Crippen LogP contribution in [-0.2, 0) is 29.1 Å². The topological polar surface area (TPSA) is 110 Å². The number of nitrogens with zero attached hydrogens (tertiary/aromatic N) is 3. The molecule has 2 saturated heterocycles. The van der Waals surface area contributed by atoms with Crippen LogP contribution in [0.2, 0.25) is 0 Å². The van der Waals surface area contributed by atoms with E-state index < -0.39 is 23.3 Å². The number of piperidine rings is 1. The summed E-state index contributed by atoms with van der Waals surface area (Å²) in [5.41, 5.74) is 0.822. The molecule has 3 aliphatic rings. The third-order valence-corrected chi connectivity index (χ3v) is 8.77. The number of aromatic nitrogens is 1. The van der Waals surface area contributed by atoms with Crippen molar-refractivity contribution in [3.8, 4) is 11.5 Å². The molecule has 4 heterocycles. The fourth-order valence-corrected chi connectivity index (χ4v) is 6.82. The van der Waals surface area contributed by atoms with Gasteiger partial charge in [0.1, 0.15) is 16.9 Å². The Morgan fingerprint density at radius 1 is 0.905 bits per heavy atom. The molecule has 0 saturated carbocycles. The Bertz CT molecular complexity index is 1590. The van der Waals surface area contributed by atoms with Crippen molar-refractivity contribution in [2.45, 2.75) is 31.8 Å². The van der Waals surface area contributed by atoms with E-state index in [0.717, 1.165) is 22.6 Å². The molecular formula is C32H34N4O6. The quantitative estimate of drug-likeness (QED) is 0.415. The second kappa shape index (κ2) is 11.1. The summed E-state index contributed by atoms with van der Waals surface area (Å²) in [4.78, 5) is 57.3. The van der Waals surface area contributed by atoms with Gasteiger partial charge in [0.2, 0.25) is 11.8 Å². The van der Waals surface area contributed by atoms with E-state index in [1.54, 1.807) is 37.4 Å². The van der Waals surface area contributed by atoms with Crippen molar-refractivity contribution in [1.29, 1.82) is 0 Å². The van der Waals surface area contributed by atoms with Crippen LogP contribution in [0.4, 0.5) is 4.79 Å². The van der Waals surface area contributed by atoms with Gasteiger partial charge in [-0.15, -0.1) is 0 Å². The fourth-order valence-electron chi connectivity index (χ4n) is 6.82. The highest BCUT2D eigenvalue weighted by molar-refractivity contribution is 6.19. The Labute approximate surface area is 243 Å². The number of benzene rings is 2. The summed E-state index contributed by atoms with van der Waals surface area (Å²) in [7, 11) is 3.09. The Balaban J connectivity index is 1.38. The summed E-state index contributed by atoms with van der Waals surface area (Å²) in [6, 6.07) is 19.2. The summed E-state index contributed by atoms with van der Waals surface area (Å²) in [6.45, 7) is 1.98. The van der Waals surface area contributed by atoms with Crippen LogP contribution < -0.4 is 20.3 Å². The number of urea groups is 1. The van der Waals surface area contributed by atoms with E-state index in [1.807, 2.05) is 41.0 Å². The van der Waals surface area contributed by atoms with Gasteiger partial charge < -0.3 is 18.9 Å². The number of nitrogens with one attached hydrogen (secondary N) is 1. The zero-order valence-corrected chi connectivity index (χ0v) is 23.7. The van der Waals surface area contributed by atoms with Crippen LogP contribution in [0.25, 0.3) is 0 Å². The summed E-state index contributed by atoms with van der Waals surface area (Å²) in [5.74, 6) is 0.222. The second-order valence-corrected chi connectivity index (χ2v) is 11.5. The minimum absolute atomic E-state index is 0.00405. The predicted molar refractivity (Wildman–Crippen MR) is 154 cm³/mol. The molecule has 0 radical (unpaired) electrons. The first-order chi connectivity index (χ1) is 20.3. The number of likely N-dealkylation sites (tertiary alicyclic amines) is 1. The molecular weight excluding hydrogens is 536 g/mol. The molecule has 1 N–H and O–H groups in total. The number of methoxy groups -OCH3 is 2. The number of pyridine rings is 1. The van der Waals surface area contributed by atoms with Crippen molar-refractivity contribution in [1.82, 2.24) is 19.7 Å². The first-order valence-corrected chi connectivity index (χ1v) is 14.2. The van der Waals surface area contributed by atoms with Crippen molar-refractivity contribution in [3.63, 3.8) is 0 Å². The highest BCUT2D eigenvalue weighted by Gasteiger charge is 2.55. The van der Waals surface area contributed by atoms with E-state index in [1.165, 1.54) is 7.11 Å². The maximum Gasteiger partial charge on any atom is 0.331 e. The van der Waals surface area contributed by atoms with Gasteiger partial charge in [-0.05, 0) is 35.6 Å². The lowest BCUT2D eigenvalue weighted by atomic mass is 9.75. The van der Waals surface area contributed by atoms with Gasteiger partial charge in [0.05, 0.1) is 20.8 Å². The van der Waals surface area contributed by atoms with Gasteiger partial charge in [0, 0.05) is 56.3 Å². The zero-order chi connectivity index (χ0) is 29.4. The lowest BCUT2D eigenvalue weighted by molar-refractivity contribution is -0.154. The highest BCUT2D eigenvalue weighted by Crippen LogP contribution is 2.40. The second-order valence-electron chi connectivity index (χ2n) is 11.5. The molecule has 3 aliphatic heterocycles. The van der Waals surface area contributed by atoms with E-state index >= 15 is 0 Å². The Morgan fingerprint density at radius 3 is 2.48 bits per heavy atom. The summed E-state index contributed by atoms with van der Waals surface area (Å²) in [5, 5.41) is 2.50. The summed E-state index contributed by atoms with van der Waals surface area (Å²) >= 11 is 0. The van der Waals surface area contributed by atoms with Gasteiger partial charge in [-0.2, -0.15) is 0 Å². The smallest absolute Gasteiger partial charge is 0.331 e. The monoisotopic (exact) mass is 570 g/mol. The predicted octanol–water partition coefficient (Wildman–Crippen LogP) is 2.79. The molecule has 2 fully saturated rings. The molecule has 42 heavy (non-hydrogen) atoms. The highest BCUT2D eigenvalue weighted by atomic mass is 16.5. The van der Waals surface area contributed by atoms with E-state index in [-0.39, 0.29) is 36.9 Å². The van der Waals surface area contributed by atoms with Gasteiger partial charge in [0.15, 0.2) is 0 Å². The first-order valence-electron chi connectivity index (χ1n) is 14.2. The molecule has 2 aromatic carbocycles. The average Bonchev–Trinajstić information content (AvgIpc) is 2.99. The van der Waals surface area contributed by atoms with Crippen molar-refractivity contribution in [3.05, 3.63) is 93.9 Å². The van der Waals surface area contributed by atoms with Crippen LogP contribution in [0.15, 0.2) is 71.5 Å². The van der Waals surface area contributed by atoms with E-state index in [9.17, 15) is 19.2 Å². The third kappa shape index (κ3) is 4.96. The average molecular weight is 571 g/mol. The summed E-state index contributed by atoms with van der Waals surface area (Å²) in [6.07, 6.45) is 0.975. The number of fused-ring (bicyclic) bond motifs is 4. The number of carbonyl (C=O) groups excluding carboxylic acids is 3. The third-order valence-electron chi connectivity index (χ3n) is 8.77. The van der Waals surface area contributed by atoms with Crippen LogP contribution in [-0.4, -0.2) is 66.1 Å². The molecule has 1 aromatic heterocycles. The van der Waals surface area contributed by atoms with Gasteiger partial charge >= 0.3 is 6.03 Å². The molecule has 10 heteroatoms. The lowest BCUT2D eigenvalue weighted by Crippen LogP contribution is -2.67. The van der Waals surface area contributed by atoms with Crippen molar-refractivity contribution >= 4 is 17.8 Å². The minimum atomic E-state index is -1.59. The van der Waals surface area contributed by atoms with Crippen molar-refractivity contribution in [2.24, 2.45) is 11.3 Å². The van der Waals surface area contributed by atoms with Crippen LogP contribution in [0.1, 0.15) is 29.2 Å². The number of imide groups is 2. The fraction of sp³-hybridized carbons (Fsp3) is 0.375. The zero-order valence-electron chi connectivity index (χ0n) is 23.7. The van der Waals surface area contributed by atoms with Gasteiger partial charge in [0.25, 0.3) is 5.56 Å². The standard InChI is InChI=1S/C32H34N4O6/c1-41-25-12-11-23(27(14-25)42-2)15-32(29(38)33-31(40)36(30(32)39)17-21-7-4-3-5-8-21)20-34-16-22-13-24(19-34)26-9-6-10-28(37)35(26)18-22/h3-12,14,22,24H,13,15-20H2,1-2H3,(H,33,38,40)/t22-,24+,32+/m0/s1. The Morgan fingerprint density at radius 2 is 1.71 bits per heavy atom. The first kappa shape index (κ1) is 27.7. The Hall–Kier alpha value is -4.44. The van der Waals surface area contributed by atoms with Crippen LogP contribution in [0.3, 0.4) is 0 Å². The summed E-state index contributed by atoms with van der Waals surface area (Å²) < 4.78 is 12.8. The number of carbonyl (C=O) groups is 3. The number of ether oxygens (including phenoxy) is 2. The minimum Gasteiger partial charge on any atom is -0.497 e. The van der Waals surface area contributed by atoms with Crippen molar-refractivity contribution in [2.75, 3.05) is 33.9 Å². The number of rotatable bonds is 8. The molecule has 2 bridgehead atoms. The van der Waals surface area contributed by atoms with Crippen LogP contribution in [0, 0.1) is 11.3 Å². The molecule has 0 spiro atoms. The number of hydrogen-bond donors (Lipinski definition) is 1. The molecule has 3 atom stereocenters. The largest absolute Gasteiger partial charge is 0.497 e. The maximum atomic E-state index is 14.5. The van der Waals surface area contributed by atoms with Gasteiger partial charge in [-0.25, -0.2) is 4.79 Å². The molecule has 0 unspecified atom stereocenters. The molecule has 218 valence electrons. The van der Waals surface area contributed by atoms with E-state index in [4.69, 9.17) is 9.47 Å². The molecule has 0 aliphatic carbocycles. The van der Waals surface area contributed by atoms with Crippen molar-refractivity contribution < 1.29 is 23.9 Å². The van der Waals surface area contributed by atoms with Crippen LogP contribution in [0.5, 0.6) is 11.5 Å². The van der Waals surface area contributed by atoms with E-state index in [0.29, 0.717) is 36.7 Å². The van der Waals surface area contributed by atoms with Crippen LogP contribution >= 0.6 is 0 Å². The molecule has 4 amide bonds. The lowest BCUT2D eigenvalue weighted by Gasteiger charge is -2.47. The Kier molecular flexibility index (Phi) is 7.32. The van der Waals surface area contributed by atoms with Gasteiger partial charge in [-0.3, -0.25) is 24.6 Å². The normalized spacial score (nSPS) is 23.8. The maximum absolute atomic E-state index is 14.5. The molecule has 10 nitrogen and oxygen atoms in total. The van der Waals surface area contributed by atoms with E-state index in [2.05, 4.69) is 10.2 Å².